The summed E-state index contributed by atoms with van der Waals surface area (Å²) in [4.78, 5) is 15.3. The van der Waals surface area contributed by atoms with Crippen LogP contribution in [0.1, 0.15) is 93.2 Å². The van der Waals surface area contributed by atoms with E-state index in [4.69, 9.17) is 19.7 Å². The van der Waals surface area contributed by atoms with Crippen LogP contribution in [0, 0.1) is 39.8 Å². The molecule has 5 nitrogen and oxygen atoms in total. The van der Waals surface area contributed by atoms with Crippen LogP contribution in [0.4, 0.5) is 0 Å². The second-order valence-corrected chi connectivity index (χ2v) is 16.1. The molecular formula is C44H44N4OPt. The molecular weight excluding hydrogens is 796 g/mol. The molecule has 0 saturated carbocycles. The molecule has 0 fully saturated rings. The maximum atomic E-state index is 7.09. The van der Waals surface area contributed by atoms with Crippen LogP contribution in [-0.4, -0.2) is 26.0 Å². The molecule has 2 atom stereocenters. The SMILES string of the molecule is Cc1cc(C)c2c(c1)[C@@]1(C)N=C(c3[c-]c(-n4c5[c-]c(-c6cc(C(C)(C)C)ccn6)ccc5c5ccccc54)c(C)nc3C)O[C@@]1(C)C2(C)C.[Pt+2]. The van der Waals surface area contributed by atoms with Crippen molar-refractivity contribution in [1.82, 2.24) is 14.5 Å². The number of aryl methyl sites for hydroxylation is 4. The van der Waals surface area contributed by atoms with E-state index in [1.807, 2.05) is 13.1 Å². The van der Waals surface area contributed by atoms with Gasteiger partial charge in [-0.15, -0.1) is 29.8 Å². The molecule has 3 aromatic heterocycles. The predicted molar refractivity (Wildman–Crippen MR) is 200 cm³/mol. The number of pyridine rings is 2. The number of nitrogens with zero attached hydrogens (tertiary/aromatic N) is 4. The first-order valence-corrected chi connectivity index (χ1v) is 17.3. The molecule has 0 bridgehead atoms. The van der Waals surface area contributed by atoms with Crippen molar-refractivity contribution in [3.8, 4) is 16.9 Å². The number of aliphatic imine (C=N–C) groups is 1. The smallest absolute Gasteiger partial charge is 0.510 e. The van der Waals surface area contributed by atoms with E-state index in [2.05, 4.69) is 147 Å². The minimum atomic E-state index is -0.592. The van der Waals surface area contributed by atoms with E-state index in [-0.39, 0.29) is 31.9 Å². The monoisotopic (exact) mass is 839 g/mol. The minimum absolute atomic E-state index is 0. The van der Waals surface area contributed by atoms with E-state index in [1.165, 1.54) is 27.8 Å². The van der Waals surface area contributed by atoms with Crippen molar-refractivity contribution in [3.63, 3.8) is 0 Å². The Hall–Kier alpha value is -4.08. The van der Waals surface area contributed by atoms with Gasteiger partial charge in [-0.3, -0.25) is 4.99 Å². The quantitative estimate of drug-likeness (QED) is 0.167. The molecule has 1 aliphatic heterocycles. The van der Waals surface area contributed by atoms with Gasteiger partial charge >= 0.3 is 21.1 Å². The molecule has 3 aromatic carbocycles. The van der Waals surface area contributed by atoms with E-state index in [0.29, 0.717) is 5.90 Å². The normalized spacial score (nSPS) is 20.7. The Morgan fingerprint density at radius 2 is 1.56 bits per heavy atom. The first-order chi connectivity index (χ1) is 23.0. The number of hydrogen-bond donors (Lipinski definition) is 0. The van der Waals surface area contributed by atoms with Crippen molar-refractivity contribution in [3.05, 3.63) is 124 Å². The fourth-order valence-corrected chi connectivity index (χ4v) is 8.61. The first-order valence-electron chi connectivity index (χ1n) is 17.3. The number of fused-ring (bicyclic) bond motifs is 6. The van der Waals surface area contributed by atoms with E-state index in [0.717, 1.165) is 55.7 Å². The average molecular weight is 840 g/mol. The molecule has 0 unspecified atom stereocenters. The van der Waals surface area contributed by atoms with Crippen LogP contribution in [0.5, 0.6) is 0 Å². The van der Waals surface area contributed by atoms with E-state index in [1.54, 1.807) is 0 Å². The van der Waals surface area contributed by atoms with Gasteiger partial charge in [-0.1, -0.05) is 101 Å². The third kappa shape index (κ3) is 4.65. The molecule has 2 aliphatic rings. The fraction of sp³-hybridized carbons (Fsp3) is 0.341. The summed E-state index contributed by atoms with van der Waals surface area (Å²) < 4.78 is 9.34. The second kappa shape index (κ2) is 11.2. The summed E-state index contributed by atoms with van der Waals surface area (Å²) in [6.45, 7) is 24.2. The first kappa shape index (κ1) is 34.4. The topological polar surface area (TPSA) is 52.3 Å². The summed E-state index contributed by atoms with van der Waals surface area (Å²) in [7, 11) is 0. The molecule has 0 saturated heterocycles. The molecule has 6 aromatic rings. The molecule has 256 valence electrons. The van der Waals surface area contributed by atoms with Crippen molar-refractivity contribution in [2.75, 3.05) is 0 Å². The van der Waals surface area contributed by atoms with Crippen LogP contribution in [0.3, 0.4) is 0 Å². The average Bonchev–Trinajstić information content (AvgIpc) is 3.56. The van der Waals surface area contributed by atoms with Gasteiger partial charge in [0.2, 0.25) is 0 Å². The van der Waals surface area contributed by atoms with Crippen molar-refractivity contribution in [1.29, 1.82) is 0 Å². The van der Waals surface area contributed by atoms with E-state index < -0.39 is 11.1 Å². The van der Waals surface area contributed by atoms with Crippen LogP contribution in [-0.2, 0) is 42.2 Å². The van der Waals surface area contributed by atoms with Gasteiger partial charge in [0.25, 0.3) is 0 Å². The van der Waals surface area contributed by atoms with E-state index >= 15 is 0 Å². The molecule has 0 radical (unpaired) electrons. The Bertz CT molecular complexity index is 2410. The number of benzene rings is 3. The van der Waals surface area contributed by atoms with Gasteiger partial charge in [0.05, 0.1) is 0 Å². The standard InChI is InChI=1S/C44H44N4O.Pt/c1-25-20-26(2)39-34(21-25)43(10)44(11,42(39,8)9)49-40(47-43)33-24-37(28(4)46-27(33)3)48-36-15-13-12-14-31(36)32-17-16-29(22-38(32)48)35-23-30(18-19-45-35)41(5,6)7;/h12-21,23H,1-11H3;/q-2;+2/t43-,44+;/m1./s1. The van der Waals surface area contributed by atoms with E-state index in [9.17, 15) is 0 Å². The van der Waals surface area contributed by atoms with Gasteiger partial charge in [0.1, 0.15) is 17.0 Å². The maximum Gasteiger partial charge on any atom is 2.00 e. The zero-order valence-corrected chi connectivity index (χ0v) is 33.1. The summed E-state index contributed by atoms with van der Waals surface area (Å²) in [5, 5.41) is 2.27. The number of aromatic nitrogens is 3. The Morgan fingerprint density at radius 3 is 2.30 bits per heavy atom. The van der Waals surface area contributed by atoms with Crippen LogP contribution in [0.25, 0.3) is 38.8 Å². The number of rotatable bonds is 3. The number of ether oxygens (including phenoxy) is 1. The molecule has 0 spiro atoms. The molecule has 4 heterocycles. The number of para-hydroxylation sites is 1. The summed E-state index contributed by atoms with van der Waals surface area (Å²) in [6.07, 6.45) is 1.90. The summed E-state index contributed by atoms with van der Waals surface area (Å²) in [5.74, 6) is 0.600. The zero-order valence-electron chi connectivity index (χ0n) is 30.9. The van der Waals surface area contributed by atoms with Crippen LogP contribution >= 0.6 is 0 Å². The second-order valence-electron chi connectivity index (χ2n) is 16.1. The molecule has 0 amide bonds. The Morgan fingerprint density at radius 1 is 0.820 bits per heavy atom. The third-order valence-electron chi connectivity index (χ3n) is 11.6. The van der Waals surface area contributed by atoms with Crippen molar-refractivity contribution >= 4 is 27.7 Å². The largest absolute Gasteiger partial charge is 2.00 e. The van der Waals surface area contributed by atoms with Gasteiger partial charge in [-0.2, -0.15) is 0 Å². The summed E-state index contributed by atoms with van der Waals surface area (Å²) in [5.41, 5.74) is 12.2. The van der Waals surface area contributed by atoms with Crippen LogP contribution in [0.2, 0.25) is 0 Å². The van der Waals surface area contributed by atoms with Crippen LogP contribution in [0.15, 0.2) is 71.9 Å². The predicted octanol–water partition coefficient (Wildman–Crippen LogP) is 10.1. The van der Waals surface area contributed by atoms with Crippen LogP contribution < -0.4 is 0 Å². The molecule has 1 aliphatic carbocycles. The summed E-state index contributed by atoms with van der Waals surface area (Å²) >= 11 is 0. The van der Waals surface area contributed by atoms with Gasteiger partial charge in [-0.05, 0) is 101 Å². The Kier molecular flexibility index (Phi) is 7.71. The summed E-state index contributed by atoms with van der Waals surface area (Å²) in [6, 6.07) is 29.3. The van der Waals surface area contributed by atoms with Gasteiger partial charge in [-0.25, -0.2) is 0 Å². The Labute approximate surface area is 310 Å². The molecule has 6 heteroatoms. The van der Waals surface area contributed by atoms with Gasteiger partial charge in [0.15, 0.2) is 0 Å². The van der Waals surface area contributed by atoms with Crippen molar-refractivity contribution in [2.45, 2.75) is 98.1 Å². The molecule has 50 heavy (non-hydrogen) atoms. The third-order valence-corrected chi connectivity index (χ3v) is 11.6. The number of hydrogen-bond acceptors (Lipinski definition) is 4. The molecule has 0 N–H and O–H groups in total. The Balaban J connectivity index is 0.00000392. The maximum absolute atomic E-state index is 7.09. The fourth-order valence-electron chi connectivity index (χ4n) is 8.61. The van der Waals surface area contributed by atoms with Gasteiger partial charge < -0.3 is 19.3 Å². The minimum Gasteiger partial charge on any atom is -0.510 e. The van der Waals surface area contributed by atoms with Crippen molar-refractivity contribution in [2.24, 2.45) is 4.99 Å². The zero-order chi connectivity index (χ0) is 34.8. The van der Waals surface area contributed by atoms with Crippen molar-refractivity contribution < 1.29 is 25.8 Å². The van der Waals surface area contributed by atoms with Gasteiger partial charge in [0, 0.05) is 17.1 Å². The molecule has 8 rings (SSSR count).